The summed E-state index contributed by atoms with van der Waals surface area (Å²) >= 11 is 1.09. The van der Waals surface area contributed by atoms with Crippen molar-refractivity contribution in [3.05, 3.63) is 38.8 Å². The molecule has 0 atom stereocenters. The number of halogens is 3. The van der Waals surface area contributed by atoms with Gasteiger partial charge in [0, 0.05) is 24.0 Å². The van der Waals surface area contributed by atoms with E-state index in [1.165, 1.54) is 0 Å². The lowest BCUT2D eigenvalue weighted by Gasteiger charge is -2.00. The molecule has 0 radical (unpaired) electrons. The maximum Gasteiger partial charge on any atom is 0.468 e. The number of alkyl halides is 3. The van der Waals surface area contributed by atoms with Crippen LogP contribution in [0.2, 0.25) is 0 Å². The maximum absolute atomic E-state index is 12.4. The van der Waals surface area contributed by atoms with E-state index in [-0.39, 0.29) is 28.7 Å². The van der Waals surface area contributed by atoms with Crippen LogP contribution in [0.3, 0.4) is 0 Å². The van der Waals surface area contributed by atoms with E-state index in [2.05, 4.69) is 19.5 Å². The largest absolute Gasteiger partial charge is 0.468 e. The van der Waals surface area contributed by atoms with E-state index in [0.29, 0.717) is 6.54 Å². The first-order valence-corrected chi connectivity index (χ1v) is 7.23. The molecule has 0 amide bonds. The van der Waals surface area contributed by atoms with Crippen LogP contribution in [0.5, 0.6) is 0 Å². The zero-order valence-electron chi connectivity index (χ0n) is 11.6. The summed E-state index contributed by atoms with van der Waals surface area (Å²) < 4.78 is 48.1. The van der Waals surface area contributed by atoms with E-state index in [4.69, 9.17) is 4.52 Å². The molecule has 11 heteroatoms. The van der Waals surface area contributed by atoms with Gasteiger partial charge in [-0.15, -0.1) is 0 Å². The normalized spacial score (nSPS) is 12.0. The molecule has 0 aliphatic rings. The Morgan fingerprint density at radius 3 is 2.74 bits per heavy atom. The number of hydrogen-bond donors (Lipinski definition) is 0. The van der Waals surface area contributed by atoms with Crippen LogP contribution >= 0.6 is 11.3 Å². The van der Waals surface area contributed by atoms with Gasteiger partial charge in [-0.3, -0.25) is 4.79 Å². The van der Waals surface area contributed by atoms with Crippen molar-refractivity contribution in [1.82, 2.24) is 19.7 Å². The lowest BCUT2D eigenvalue weighted by molar-refractivity contribution is -0.157. The van der Waals surface area contributed by atoms with E-state index in [1.54, 1.807) is 16.9 Å². The van der Waals surface area contributed by atoms with Crippen molar-refractivity contribution >= 4 is 11.3 Å². The van der Waals surface area contributed by atoms with E-state index in [0.717, 1.165) is 23.3 Å². The fourth-order valence-corrected chi connectivity index (χ4v) is 2.61. The quantitative estimate of drug-likeness (QED) is 0.721. The van der Waals surface area contributed by atoms with Gasteiger partial charge in [0.2, 0.25) is 11.7 Å². The van der Waals surface area contributed by atoms with Gasteiger partial charge >= 0.3 is 16.9 Å². The summed E-state index contributed by atoms with van der Waals surface area (Å²) in [6, 6.07) is 0. The van der Waals surface area contributed by atoms with Crippen molar-refractivity contribution in [2.45, 2.75) is 26.1 Å². The lowest BCUT2D eigenvalue weighted by atomic mass is 10.4. The zero-order chi connectivity index (χ0) is 16.6. The summed E-state index contributed by atoms with van der Waals surface area (Å²) in [6.07, 6.45) is -3.60. The van der Waals surface area contributed by atoms with Crippen LogP contribution < -0.4 is 4.87 Å². The minimum atomic E-state index is -4.68. The highest BCUT2D eigenvalue weighted by molar-refractivity contribution is 7.07. The third-order valence-electron chi connectivity index (χ3n) is 2.97. The van der Waals surface area contributed by atoms with E-state index in [9.17, 15) is 18.0 Å². The molecule has 0 saturated heterocycles. The Morgan fingerprint density at radius 1 is 1.35 bits per heavy atom. The maximum atomic E-state index is 12.4. The van der Waals surface area contributed by atoms with Crippen LogP contribution in [0.25, 0.3) is 11.5 Å². The smallest absolute Gasteiger partial charge is 0.441 e. The number of oxazole rings is 1. The summed E-state index contributed by atoms with van der Waals surface area (Å²) in [5.41, 5.74) is 0.641. The van der Waals surface area contributed by atoms with Crippen LogP contribution in [0.15, 0.2) is 25.4 Å². The van der Waals surface area contributed by atoms with Crippen molar-refractivity contribution in [1.29, 1.82) is 0 Å². The summed E-state index contributed by atoms with van der Waals surface area (Å²) in [6.45, 7) is 2.13. The number of thiazole rings is 1. The van der Waals surface area contributed by atoms with Crippen molar-refractivity contribution in [3.8, 4) is 11.5 Å². The number of hydrogen-bond acceptors (Lipinski definition) is 7. The molecule has 0 unspecified atom stereocenters. The Labute approximate surface area is 130 Å². The molecule has 3 rings (SSSR count). The van der Waals surface area contributed by atoms with E-state index < -0.39 is 12.1 Å². The first-order valence-electron chi connectivity index (χ1n) is 6.35. The van der Waals surface area contributed by atoms with Gasteiger partial charge in [0.15, 0.2) is 5.69 Å². The minimum Gasteiger partial charge on any atom is -0.441 e. The third-order valence-corrected chi connectivity index (χ3v) is 3.85. The fraction of sp³-hybridized carbons (Fsp3) is 0.333. The van der Waals surface area contributed by atoms with Crippen molar-refractivity contribution in [3.63, 3.8) is 0 Å². The van der Waals surface area contributed by atoms with Gasteiger partial charge in [-0.25, -0.2) is 4.98 Å². The molecular weight excluding hydrogens is 337 g/mol. The van der Waals surface area contributed by atoms with Gasteiger partial charge in [0.05, 0.1) is 0 Å². The van der Waals surface area contributed by atoms with Crippen LogP contribution in [0, 0.1) is 6.92 Å². The summed E-state index contributed by atoms with van der Waals surface area (Å²) in [7, 11) is 0. The van der Waals surface area contributed by atoms with Gasteiger partial charge in [0.25, 0.3) is 0 Å². The molecule has 0 N–H and O–H groups in total. The molecule has 3 aromatic rings. The van der Waals surface area contributed by atoms with Crippen molar-refractivity contribution in [2.24, 2.45) is 0 Å². The van der Waals surface area contributed by atoms with Gasteiger partial charge < -0.3 is 13.5 Å². The van der Waals surface area contributed by atoms with E-state index >= 15 is 0 Å². The molecule has 0 spiro atoms. The average Bonchev–Trinajstić information content (AvgIpc) is 3.17. The minimum absolute atomic E-state index is 0.103. The highest BCUT2D eigenvalue weighted by Gasteiger charge is 2.37. The predicted octanol–water partition coefficient (Wildman–Crippen LogP) is 2.52. The standard InChI is InChI=1S/C12H9F3N4O3S/c1-6-5-23-11(20)19(6)3-2-8-17-9(18-22-8)7-4-21-10(16-7)12(13,14)15/h4-5H,2-3H2,1H3. The molecule has 0 fully saturated rings. The molecule has 23 heavy (non-hydrogen) atoms. The average molecular weight is 346 g/mol. The fourth-order valence-electron chi connectivity index (χ4n) is 1.85. The molecule has 0 aliphatic carbocycles. The molecule has 3 heterocycles. The summed E-state index contributed by atoms with van der Waals surface area (Å²) in [4.78, 5) is 18.7. The van der Waals surface area contributed by atoms with Crippen molar-refractivity contribution in [2.75, 3.05) is 0 Å². The summed E-state index contributed by atoms with van der Waals surface area (Å²) in [5, 5.41) is 5.30. The Hall–Kier alpha value is -2.43. The third kappa shape index (κ3) is 3.18. The highest BCUT2D eigenvalue weighted by atomic mass is 32.1. The van der Waals surface area contributed by atoms with Crippen LogP contribution in [-0.4, -0.2) is 19.7 Å². The van der Waals surface area contributed by atoms with Gasteiger partial charge in [0.1, 0.15) is 6.26 Å². The Balaban J connectivity index is 1.73. The number of rotatable bonds is 4. The monoisotopic (exact) mass is 346 g/mol. The van der Waals surface area contributed by atoms with Gasteiger partial charge in [-0.05, 0) is 6.92 Å². The Morgan fingerprint density at radius 2 is 2.13 bits per heavy atom. The van der Waals surface area contributed by atoms with Crippen molar-refractivity contribution < 1.29 is 22.1 Å². The zero-order valence-corrected chi connectivity index (χ0v) is 12.4. The molecule has 0 bridgehead atoms. The van der Waals surface area contributed by atoms with E-state index in [1.807, 2.05) is 0 Å². The van der Waals surface area contributed by atoms with Crippen LogP contribution in [0.4, 0.5) is 13.2 Å². The predicted molar refractivity (Wildman–Crippen MR) is 71.8 cm³/mol. The summed E-state index contributed by atoms with van der Waals surface area (Å²) in [5.74, 6) is -1.29. The Bertz CT molecular complexity index is 877. The molecular formula is C12H9F3N4O3S. The first kappa shape index (κ1) is 15.5. The number of aryl methyl sites for hydroxylation is 2. The molecule has 122 valence electrons. The topological polar surface area (TPSA) is 87.0 Å². The van der Waals surface area contributed by atoms with Crippen LogP contribution in [0.1, 0.15) is 17.5 Å². The van der Waals surface area contributed by atoms with Gasteiger partial charge in [-0.2, -0.15) is 18.2 Å². The molecule has 7 nitrogen and oxygen atoms in total. The molecule has 3 aromatic heterocycles. The molecule has 0 aromatic carbocycles. The Kier molecular flexibility index (Phi) is 3.80. The highest BCUT2D eigenvalue weighted by Crippen LogP contribution is 2.30. The van der Waals surface area contributed by atoms with Gasteiger partial charge in [-0.1, -0.05) is 16.5 Å². The number of aromatic nitrogens is 4. The number of nitrogens with zero attached hydrogens (tertiary/aromatic N) is 4. The first-order chi connectivity index (χ1) is 10.8. The SMILES string of the molecule is Cc1csc(=O)n1CCc1nc(-c2coc(C(F)(F)F)n2)no1. The lowest BCUT2D eigenvalue weighted by Crippen LogP contribution is -2.16. The second kappa shape index (κ2) is 5.65. The molecule has 0 aliphatic heterocycles. The second-order valence-electron chi connectivity index (χ2n) is 4.59. The molecule has 0 saturated carbocycles. The second-order valence-corrected chi connectivity index (χ2v) is 5.41. The van der Waals surface area contributed by atoms with Crippen LogP contribution in [-0.2, 0) is 19.1 Å².